The van der Waals surface area contributed by atoms with Gasteiger partial charge in [-0.2, -0.15) is 0 Å². The second-order valence-electron chi connectivity index (χ2n) is 4.97. The van der Waals surface area contributed by atoms with Crippen LogP contribution in [0.25, 0.3) is 0 Å². The molecule has 4 nitrogen and oxygen atoms in total. The fourth-order valence-electron chi connectivity index (χ4n) is 2.16. The second-order valence-corrected chi connectivity index (χ2v) is 4.97. The number of rotatable bonds is 4. The predicted molar refractivity (Wildman–Crippen MR) is 64.1 cm³/mol. The molecule has 0 spiro atoms. The van der Waals surface area contributed by atoms with Crippen LogP contribution in [0.2, 0.25) is 0 Å². The van der Waals surface area contributed by atoms with Crippen molar-refractivity contribution in [2.75, 3.05) is 20.1 Å². The van der Waals surface area contributed by atoms with Crippen LogP contribution in [0.4, 0.5) is 0 Å². The first-order chi connectivity index (χ1) is 7.50. The molecular formula is C12H24N2O2. The van der Waals surface area contributed by atoms with E-state index < -0.39 is 0 Å². The molecule has 0 aliphatic carbocycles. The van der Waals surface area contributed by atoms with E-state index >= 15 is 0 Å². The molecule has 1 amide bonds. The van der Waals surface area contributed by atoms with E-state index in [9.17, 15) is 9.90 Å². The fraction of sp³-hybridized carbons (Fsp3) is 0.917. The third-order valence-electron chi connectivity index (χ3n) is 3.23. The van der Waals surface area contributed by atoms with E-state index in [4.69, 9.17) is 0 Å². The van der Waals surface area contributed by atoms with Gasteiger partial charge in [0.2, 0.25) is 5.91 Å². The van der Waals surface area contributed by atoms with Crippen molar-refractivity contribution in [2.45, 2.75) is 45.3 Å². The lowest BCUT2D eigenvalue weighted by Crippen LogP contribution is -2.43. The van der Waals surface area contributed by atoms with Gasteiger partial charge >= 0.3 is 0 Å². The van der Waals surface area contributed by atoms with Crippen LogP contribution in [-0.2, 0) is 4.79 Å². The summed E-state index contributed by atoms with van der Waals surface area (Å²) in [6.45, 7) is 5.46. The van der Waals surface area contributed by atoms with Gasteiger partial charge in [0.1, 0.15) is 0 Å². The molecule has 0 radical (unpaired) electrons. The van der Waals surface area contributed by atoms with Gasteiger partial charge in [-0.1, -0.05) is 0 Å². The Morgan fingerprint density at radius 3 is 2.88 bits per heavy atom. The van der Waals surface area contributed by atoms with Crippen LogP contribution in [0.1, 0.15) is 33.1 Å². The zero-order valence-electron chi connectivity index (χ0n) is 10.6. The van der Waals surface area contributed by atoms with Crippen LogP contribution in [0.5, 0.6) is 0 Å². The number of amides is 1. The van der Waals surface area contributed by atoms with Gasteiger partial charge in [-0.3, -0.25) is 4.79 Å². The van der Waals surface area contributed by atoms with Crippen molar-refractivity contribution in [3.8, 4) is 0 Å². The van der Waals surface area contributed by atoms with Crippen LogP contribution < -0.4 is 5.32 Å². The van der Waals surface area contributed by atoms with Gasteiger partial charge in [0.15, 0.2) is 0 Å². The number of piperidine rings is 1. The predicted octanol–water partition coefficient (Wildman–Crippen LogP) is 0.604. The number of carbonyl (C=O) groups is 1. The van der Waals surface area contributed by atoms with Crippen molar-refractivity contribution in [3.63, 3.8) is 0 Å². The maximum Gasteiger partial charge on any atom is 0.225 e. The lowest BCUT2D eigenvalue weighted by Gasteiger charge is -2.30. The molecular weight excluding hydrogens is 204 g/mol. The van der Waals surface area contributed by atoms with E-state index in [0.29, 0.717) is 19.0 Å². The summed E-state index contributed by atoms with van der Waals surface area (Å²) in [5.74, 6) is 0.393. The van der Waals surface area contributed by atoms with Gasteiger partial charge in [0.25, 0.3) is 0 Å². The molecule has 0 bridgehead atoms. The maximum atomic E-state index is 12.1. The molecule has 3 unspecified atom stereocenters. The molecule has 4 heteroatoms. The number of aliphatic hydroxyl groups is 1. The molecule has 3 atom stereocenters. The highest BCUT2D eigenvalue weighted by molar-refractivity contribution is 5.78. The summed E-state index contributed by atoms with van der Waals surface area (Å²) in [5.41, 5.74) is 0. The zero-order chi connectivity index (χ0) is 12.1. The molecule has 0 aromatic rings. The topological polar surface area (TPSA) is 52.6 Å². The lowest BCUT2D eigenvalue weighted by molar-refractivity contribution is -0.135. The Bertz CT molecular complexity index is 231. The van der Waals surface area contributed by atoms with Crippen LogP contribution in [0.15, 0.2) is 0 Å². The quantitative estimate of drug-likeness (QED) is 0.741. The normalized spacial score (nSPS) is 27.5. The molecule has 0 aromatic carbocycles. The zero-order valence-corrected chi connectivity index (χ0v) is 10.6. The Morgan fingerprint density at radius 2 is 2.31 bits per heavy atom. The largest absolute Gasteiger partial charge is 0.393 e. The van der Waals surface area contributed by atoms with E-state index in [1.807, 2.05) is 7.05 Å². The summed E-state index contributed by atoms with van der Waals surface area (Å²) in [6.07, 6.45) is 2.19. The van der Waals surface area contributed by atoms with Crippen molar-refractivity contribution in [1.29, 1.82) is 0 Å². The van der Waals surface area contributed by atoms with Crippen molar-refractivity contribution in [1.82, 2.24) is 10.2 Å². The van der Waals surface area contributed by atoms with Gasteiger partial charge in [0.05, 0.1) is 6.10 Å². The van der Waals surface area contributed by atoms with Crippen LogP contribution >= 0.6 is 0 Å². The monoisotopic (exact) mass is 228 g/mol. The fourth-order valence-corrected chi connectivity index (χ4v) is 2.16. The summed E-state index contributed by atoms with van der Waals surface area (Å²) in [7, 11) is 1.83. The van der Waals surface area contributed by atoms with Gasteiger partial charge in [-0.25, -0.2) is 0 Å². The maximum absolute atomic E-state index is 12.1. The third kappa shape index (κ3) is 4.10. The van der Waals surface area contributed by atoms with E-state index in [1.165, 1.54) is 0 Å². The highest BCUT2D eigenvalue weighted by Crippen LogP contribution is 2.18. The summed E-state index contributed by atoms with van der Waals surface area (Å²) in [6, 6.07) is 0.438. The molecule has 1 heterocycles. The molecule has 1 saturated heterocycles. The minimum atomic E-state index is -0.331. The summed E-state index contributed by atoms with van der Waals surface area (Å²) in [4.78, 5) is 13.8. The third-order valence-corrected chi connectivity index (χ3v) is 3.23. The molecule has 1 aliphatic heterocycles. The Labute approximate surface area is 98.0 Å². The first-order valence-corrected chi connectivity index (χ1v) is 6.17. The second kappa shape index (κ2) is 6.21. The van der Waals surface area contributed by atoms with Crippen molar-refractivity contribution >= 4 is 5.91 Å². The highest BCUT2D eigenvalue weighted by atomic mass is 16.3. The standard InChI is InChI=1S/C12H24N2O2/c1-9-8-11(4-6-13-9)12(16)14(3)7-5-10(2)15/h9-11,13,15H,4-8H2,1-3H3. The summed E-state index contributed by atoms with van der Waals surface area (Å²) < 4.78 is 0. The Hall–Kier alpha value is -0.610. The highest BCUT2D eigenvalue weighted by Gasteiger charge is 2.26. The smallest absolute Gasteiger partial charge is 0.225 e. The molecule has 94 valence electrons. The first kappa shape index (κ1) is 13.5. The molecule has 2 N–H and O–H groups in total. The minimum absolute atomic E-state index is 0.162. The average Bonchev–Trinajstić information content (AvgIpc) is 2.24. The molecule has 0 saturated carbocycles. The number of aliphatic hydroxyl groups excluding tert-OH is 1. The van der Waals surface area contributed by atoms with E-state index in [0.717, 1.165) is 19.4 Å². The van der Waals surface area contributed by atoms with Crippen molar-refractivity contribution in [3.05, 3.63) is 0 Å². The summed E-state index contributed by atoms with van der Waals surface area (Å²) >= 11 is 0. The van der Waals surface area contributed by atoms with Crippen molar-refractivity contribution < 1.29 is 9.90 Å². The Kier molecular flexibility index (Phi) is 5.22. The van der Waals surface area contributed by atoms with Crippen LogP contribution in [0, 0.1) is 5.92 Å². The Morgan fingerprint density at radius 1 is 1.62 bits per heavy atom. The number of nitrogens with zero attached hydrogens (tertiary/aromatic N) is 1. The number of nitrogens with one attached hydrogen (secondary N) is 1. The number of hydrogen-bond donors (Lipinski definition) is 2. The van der Waals surface area contributed by atoms with Gasteiger partial charge < -0.3 is 15.3 Å². The Balaban J connectivity index is 2.37. The lowest BCUT2D eigenvalue weighted by atomic mass is 9.92. The molecule has 0 aromatic heterocycles. The first-order valence-electron chi connectivity index (χ1n) is 6.17. The summed E-state index contributed by atoms with van der Waals surface area (Å²) in [5, 5.41) is 12.5. The average molecular weight is 228 g/mol. The van der Waals surface area contributed by atoms with E-state index in [1.54, 1.807) is 11.8 Å². The number of hydrogen-bond acceptors (Lipinski definition) is 3. The molecule has 1 aliphatic rings. The minimum Gasteiger partial charge on any atom is -0.393 e. The van der Waals surface area contributed by atoms with Crippen molar-refractivity contribution in [2.24, 2.45) is 5.92 Å². The van der Waals surface area contributed by atoms with Gasteiger partial charge in [-0.15, -0.1) is 0 Å². The van der Waals surface area contributed by atoms with Crippen LogP contribution in [0.3, 0.4) is 0 Å². The van der Waals surface area contributed by atoms with Crippen LogP contribution in [-0.4, -0.2) is 48.2 Å². The SMILES string of the molecule is CC(O)CCN(C)C(=O)C1CCNC(C)C1. The molecule has 1 rings (SSSR count). The molecule has 16 heavy (non-hydrogen) atoms. The van der Waals surface area contributed by atoms with Gasteiger partial charge in [-0.05, 0) is 39.7 Å². The molecule has 1 fully saturated rings. The van der Waals surface area contributed by atoms with Gasteiger partial charge in [0, 0.05) is 25.6 Å². The van der Waals surface area contributed by atoms with E-state index in [-0.39, 0.29) is 17.9 Å². The number of carbonyl (C=O) groups excluding carboxylic acids is 1. The van der Waals surface area contributed by atoms with E-state index in [2.05, 4.69) is 12.2 Å².